The Morgan fingerprint density at radius 3 is 2.69 bits per heavy atom. The van der Waals surface area contributed by atoms with Crippen LogP contribution in [0.1, 0.15) is 12.5 Å². The van der Waals surface area contributed by atoms with Gasteiger partial charge in [0.2, 0.25) is 0 Å². The van der Waals surface area contributed by atoms with Crippen molar-refractivity contribution in [2.45, 2.75) is 13.3 Å². The summed E-state index contributed by atoms with van der Waals surface area (Å²) in [6, 6.07) is 7.60. The first-order valence-electron chi connectivity index (χ1n) is 5.05. The first kappa shape index (κ1) is 12.3. The van der Waals surface area contributed by atoms with E-state index < -0.39 is 0 Å². The molecule has 16 heavy (non-hydrogen) atoms. The lowest BCUT2D eigenvalue weighted by molar-refractivity contribution is -0.142. The molecule has 0 atom stereocenters. The van der Waals surface area contributed by atoms with Gasteiger partial charge in [-0.15, -0.1) is 0 Å². The Balaban J connectivity index is 2.70. The van der Waals surface area contributed by atoms with Gasteiger partial charge in [0.05, 0.1) is 7.11 Å². The Morgan fingerprint density at radius 2 is 2.06 bits per heavy atom. The molecule has 1 aromatic carbocycles. The molecule has 0 saturated carbocycles. The molecule has 0 aromatic heterocycles. The minimum absolute atomic E-state index is 0.0658. The molecule has 0 aliphatic rings. The van der Waals surface area contributed by atoms with Crippen LogP contribution in [0.4, 0.5) is 0 Å². The number of rotatable bonds is 5. The summed E-state index contributed by atoms with van der Waals surface area (Å²) >= 11 is 0. The van der Waals surface area contributed by atoms with Crippen LogP contribution in [-0.4, -0.2) is 19.7 Å². The Hall–Kier alpha value is -1.77. The molecule has 0 aliphatic carbocycles. The van der Waals surface area contributed by atoms with Crippen LogP contribution >= 0.6 is 0 Å². The van der Waals surface area contributed by atoms with Crippen LogP contribution in [0.2, 0.25) is 0 Å². The molecule has 0 amide bonds. The number of ether oxygens (including phenoxy) is 2. The minimum atomic E-state index is -0.384. The second-order valence-corrected chi connectivity index (χ2v) is 3.61. The second kappa shape index (κ2) is 5.95. The standard InChI is InChI=1S/C13H16O3/c1-10(2)8-11-6-4-5-7-12(11)16-9-13(14)15-3/h4-7H,1,8-9H2,2-3H3. The number of esters is 1. The van der Waals surface area contributed by atoms with E-state index in [9.17, 15) is 4.79 Å². The third kappa shape index (κ3) is 3.77. The molecule has 3 nitrogen and oxygen atoms in total. The topological polar surface area (TPSA) is 35.5 Å². The second-order valence-electron chi connectivity index (χ2n) is 3.61. The van der Waals surface area contributed by atoms with E-state index in [-0.39, 0.29) is 12.6 Å². The Kier molecular flexibility index (Phi) is 4.58. The average Bonchev–Trinajstić information content (AvgIpc) is 2.26. The Labute approximate surface area is 95.7 Å². The molecule has 0 bridgehead atoms. The highest BCUT2D eigenvalue weighted by molar-refractivity contribution is 5.70. The summed E-state index contributed by atoms with van der Waals surface area (Å²) in [6.07, 6.45) is 0.747. The highest BCUT2D eigenvalue weighted by atomic mass is 16.6. The molecule has 1 rings (SSSR count). The van der Waals surface area contributed by atoms with Gasteiger partial charge in [0, 0.05) is 0 Å². The van der Waals surface area contributed by atoms with Gasteiger partial charge in [-0.05, 0) is 25.0 Å². The van der Waals surface area contributed by atoms with E-state index in [2.05, 4.69) is 11.3 Å². The van der Waals surface area contributed by atoms with Crippen molar-refractivity contribution in [3.05, 3.63) is 42.0 Å². The molecule has 0 spiro atoms. The number of carbonyl (C=O) groups excluding carboxylic acids is 1. The van der Waals surface area contributed by atoms with E-state index in [0.717, 1.165) is 17.6 Å². The van der Waals surface area contributed by atoms with Crippen molar-refractivity contribution in [1.82, 2.24) is 0 Å². The fourth-order valence-corrected chi connectivity index (χ4v) is 1.31. The van der Waals surface area contributed by atoms with Crippen LogP contribution in [0.3, 0.4) is 0 Å². The zero-order valence-corrected chi connectivity index (χ0v) is 9.66. The van der Waals surface area contributed by atoms with Gasteiger partial charge in [-0.25, -0.2) is 4.79 Å². The summed E-state index contributed by atoms with van der Waals surface area (Å²) in [5.74, 6) is 0.320. The zero-order chi connectivity index (χ0) is 12.0. The van der Waals surface area contributed by atoms with E-state index >= 15 is 0 Å². The van der Waals surface area contributed by atoms with E-state index in [1.54, 1.807) is 0 Å². The van der Waals surface area contributed by atoms with Gasteiger partial charge in [-0.3, -0.25) is 0 Å². The van der Waals surface area contributed by atoms with Crippen molar-refractivity contribution in [2.75, 3.05) is 13.7 Å². The first-order chi connectivity index (χ1) is 7.63. The van der Waals surface area contributed by atoms with Gasteiger partial charge in [-0.2, -0.15) is 0 Å². The normalized spacial score (nSPS) is 9.62. The lowest BCUT2D eigenvalue weighted by atomic mass is 10.1. The summed E-state index contributed by atoms with van der Waals surface area (Å²) in [5, 5.41) is 0. The lowest BCUT2D eigenvalue weighted by Crippen LogP contribution is -2.13. The fraction of sp³-hybridized carbons (Fsp3) is 0.308. The SMILES string of the molecule is C=C(C)Cc1ccccc1OCC(=O)OC. The number of hydrogen-bond donors (Lipinski definition) is 0. The summed E-state index contributed by atoms with van der Waals surface area (Å²) in [7, 11) is 1.34. The summed E-state index contributed by atoms with van der Waals surface area (Å²) in [5.41, 5.74) is 2.08. The molecule has 0 heterocycles. The van der Waals surface area contributed by atoms with Crippen molar-refractivity contribution in [1.29, 1.82) is 0 Å². The molecule has 0 aliphatic heterocycles. The molecular formula is C13H16O3. The summed E-state index contributed by atoms with van der Waals surface area (Å²) in [4.78, 5) is 11.0. The molecule has 86 valence electrons. The maximum absolute atomic E-state index is 11.0. The first-order valence-corrected chi connectivity index (χ1v) is 5.05. The van der Waals surface area contributed by atoms with Gasteiger partial charge in [0.1, 0.15) is 5.75 Å². The van der Waals surface area contributed by atoms with Gasteiger partial charge < -0.3 is 9.47 Å². The highest BCUT2D eigenvalue weighted by Crippen LogP contribution is 2.20. The number of methoxy groups -OCH3 is 1. The molecule has 0 fully saturated rings. The molecule has 3 heteroatoms. The van der Waals surface area contributed by atoms with E-state index in [4.69, 9.17) is 4.74 Å². The maximum Gasteiger partial charge on any atom is 0.343 e. The van der Waals surface area contributed by atoms with Crippen LogP contribution < -0.4 is 4.74 Å². The number of para-hydroxylation sites is 1. The number of hydrogen-bond acceptors (Lipinski definition) is 3. The van der Waals surface area contributed by atoms with Crippen molar-refractivity contribution < 1.29 is 14.3 Å². The third-order valence-corrected chi connectivity index (χ3v) is 2.04. The molecular weight excluding hydrogens is 204 g/mol. The van der Waals surface area contributed by atoms with E-state index in [0.29, 0.717) is 5.75 Å². The van der Waals surface area contributed by atoms with Crippen molar-refractivity contribution >= 4 is 5.97 Å². The summed E-state index contributed by atoms with van der Waals surface area (Å²) < 4.78 is 9.89. The molecule has 0 saturated heterocycles. The molecule has 1 aromatic rings. The molecule has 0 radical (unpaired) electrons. The van der Waals surface area contributed by atoms with Crippen LogP contribution in [0, 0.1) is 0 Å². The fourth-order valence-electron chi connectivity index (χ4n) is 1.31. The van der Waals surface area contributed by atoms with Crippen molar-refractivity contribution in [3.63, 3.8) is 0 Å². The quantitative estimate of drug-likeness (QED) is 0.564. The van der Waals surface area contributed by atoms with Crippen molar-refractivity contribution in [2.24, 2.45) is 0 Å². The maximum atomic E-state index is 11.0. The van der Waals surface area contributed by atoms with Crippen LogP contribution in [0.15, 0.2) is 36.4 Å². The van der Waals surface area contributed by atoms with Gasteiger partial charge in [0.15, 0.2) is 6.61 Å². The monoisotopic (exact) mass is 220 g/mol. The Bertz CT molecular complexity index is 383. The average molecular weight is 220 g/mol. The summed E-state index contributed by atoms with van der Waals surface area (Å²) in [6.45, 7) is 5.75. The largest absolute Gasteiger partial charge is 0.482 e. The van der Waals surface area contributed by atoms with E-state index in [1.165, 1.54) is 7.11 Å². The Morgan fingerprint density at radius 1 is 1.38 bits per heavy atom. The van der Waals surface area contributed by atoms with E-state index in [1.807, 2.05) is 31.2 Å². The molecule has 0 N–H and O–H groups in total. The van der Waals surface area contributed by atoms with Gasteiger partial charge in [0.25, 0.3) is 0 Å². The third-order valence-electron chi connectivity index (χ3n) is 2.04. The zero-order valence-electron chi connectivity index (χ0n) is 9.66. The van der Waals surface area contributed by atoms with Crippen LogP contribution in [-0.2, 0) is 16.0 Å². The predicted molar refractivity (Wildman–Crippen MR) is 62.5 cm³/mol. The predicted octanol–water partition coefficient (Wildman–Crippen LogP) is 2.36. The van der Waals surface area contributed by atoms with Crippen LogP contribution in [0.5, 0.6) is 5.75 Å². The lowest BCUT2D eigenvalue weighted by Gasteiger charge is -2.10. The number of allylic oxidation sites excluding steroid dienone is 1. The highest BCUT2D eigenvalue weighted by Gasteiger charge is 2.06. The molecule has 0 unspecified atom stereocenters. The number of carbonyl (C=O) groups is 1. The minimum Gasteiger partial charge on any atom is -0.482 e. The van der Waals surface area contributed by atoms with Gasteiger partial charge in [-0.1, -0.05) is 30.4 Å². The van der Waals surface area contributed by atoms with Crippen LogP contribution in [0.25, 0.3) is 0 Å². The van der Waals surface area contributed by atoms with Gasteiger partial charge >= 0.3 is 5.97 Å². The smallest absolute Gasteiger partial charge is 0.343 e. The van der Waals surface area contributed by atoms with Crippen molar-refractivity contribution in [3.8, 4) is 5.75 Å². The number of benzene rings is 1.